The van der Waals surface area contributed by atoms with Crippen LogP contribution in [0.2, 0.25) is 0 Å². The number of methoxy groups -OCH3 is 1. The van der Waals surface area contributed by atoms with Crippen LogP contribution in [-0.4, -0.2) is 12.9 Å². The summed E-state index contributed by atoms with van der Waals surface area (Å²) in [5.41, 5.74) is 6.07. The fourth-order valence-electron chi connectivity index (χ4n) is 5.88. The van der Waals surface area contributed by atoms with Gasteiger partial charge < -0.3 is 14.8 Å². The summed E-state index contributed by atoms with van der Waals surface area (Å²) < 4.78 is 12.1. The molecule has 0 saturated carbocycles. The minimum atomic E-state index is -0.326. The molecule has 1 N–H and O–H groups in total. The summed E-state index contributed by atoms with van der Waals surface area (Å²) in [6, 6.07) is 28.4. The molecule has 0 saturated heterocycles. The average Bonchev–Trinajstić information content (AvgIpc) is 2.90. The minimum absolute atomic E-state index is 0.104. The van der Waals surface area contributed by atoms with Gasteiger partial charge in [0.05, 0.1) is 13.2 Å². The van der Waals surface area contributed by atoms with E-state index in [0.29, 0.717) is 24.5 Å². The van der Waals surface area contributed by atoms with Crippen molar-refractivity contribution in [1.82, 2.24) is 0 Å². The predicted molar refractivity (Wildman–Crippen MR) is 149 cm³/mol. The Morgan fingerprint density at radius 1 is 0.892 bits per heavy atom. The topological polar surface area (TPSA) is 47.6 Å². The standard InChI is InChI=1S/C33H31NO3/c1-33(2)18-25-29-23-13-8-7-12-22(23)16-17-26(29)34-31(30(25)27(35)19-33)24-14-9-15-28(36-3)32(24)37-20-21-10-5-4-6-11-21/h4-17,31,34H,18-20H2,1-3H3. The molecule has 1 atom stereocenters. The molecular weight excluding hydrogens is 458 g/mol. The van der Waals surface area contributed by atoms with Crippen molar-refractivity contribution in [3.63, 3.8) is 0 Å². The third-order valence-corrected chi connectivity index (χ3v) is 7.51. The van der Waals surface area contributed by atoms with Crippen LogP contribution in [-0.2, 0) is 11.4 Å². The number of ether oxygens (including phenoxy) is 2. The van der Waals surface area contributed by atoms with Crippen LogP contribution in [0, 0.1) is 5.41 Å². The second-order valence-electron chi connectivity index (χ2n) is 10.8. The fourth-order valence-corrected chi connectivity index (χ4v) is 5.88. The number of anilines is 1. The maximum Gasteiger partial charge on any atom is 0.167 e. The van der Waals surface area contributed by atoms with Gasteiger partial charge in [0.25, 0.3) is 0 Å². The smallest absolute Gasteiger partial charge is 0.167 e. The van der Waals surface area contributed by atoms with Gasteiger partial charge in [-0.3, -0.25) is 4.79 Å². The first-order valence-corrected chi connectivity index (χ1v) is 12.8. The third-order valence-electron chi connectivity index (χ3n) is 7.51. The van der Waals surface area contributed by atoms with E-state index in [2.05, 4.69) is 55.6 Å². The van der Waals surface area contributed by atoms with Crippen LogP contribution in [0.15, 0.2) is 90.5 Å². The molecule has 1 aliphatic heterocycles. The number of para-hydroxylation sites is 1. The quantitative estimate of drug-likeness (QED) is 0.311. The lowest BCUT2D eigenvalue weighted by Crippen LogP contribution is -2.33. The van der Waals surface area contributed by atoms with Gasteiger partial charge >= 0.3 is 0 Å². The van der Waals surface area contributed by atoms with Crippen LogP contribution in [0.1, 0.15) is 49.4 Å². The molecule has 0 fully saturated rings. The molecule has 4 aromatic carbocycles. The Bertz CT molecular complexity index is 1530. The minimum Gasteiger partial charge on any atom is -0.493 e. The SMILES string of the molecule is COc1cccc(C2Nc3ccc4ccccc4c3C3=C2C(=O)CC(C)(C)C3)c1OCc1ccccc1. The number of rotatable bonds is 5. The maximum absolute atomic E-state index is 13.8. The van der Waals surface area contributed by atoms with Crippen LogP contribution < -0.4 is 14.8 Å². The number of carbonyl (C=O) groups excluding carboxylic acids is 1. The van der Waals surface area contributed by atoms with Crippen LogP contribution in [0.25, 0.3) is 16.3 Å². The summed E-state index contributed by atoms with van der Waals surface area (Å²) in [5, 5.41) is 6.09. The highest BCUT2D eigenvalue weighted by Crippen LogP contribution is 2.53. The third kappa shape index (κ3) is 4.17. The number of ketones is 1. The Labute approximate surface area is 217 Å². The van der Waals surface area contributed by atoms with Gasteiger partial charge in [-0.15, -0.1) is 0 Å². The predicted octanol–water partition coefficient (Wildman–Crippen LogP) is 7.74. The molecule has 1 unspecified atom stereocenters. The van der Waals surface area contributed by atoms with Gasteiger partial charge in [0.2, 0.25) is 0 Å². The highest BCUT2D eigenvalue weighted by molar-refractivity contribution is 6.13. The van der Waals surface area contributed by atoms with Crippen LogP contribution in [0.3, 0.4) is 0 Å². The van der Waals surface area contributed by atoms with Gasteiger partial charge in [-0.1, -0.05) is 86.6 Å². The van der Waals surface area contributed by atoms with E-state index in [9.17, 15) is 4.79 Å². The number of hydrogen-bond acceptors (Lipinski definition) is 4. The second kappa shape index (κ2) is 9.11. The van der Waals surface area contributed by atoms with Crippen molar-refractivity contribution in [3.8, 4) is 11.5 Å². The van der Waals surface area contributed by atoms with Gasteiger partial charge in [0.15, 0.2) is 17.3 Å². The Hall–Kier alpha value is -4.05. The first kappa shape index (κ1) is 23.4. The highest BCUT2D eigenvalue weighted by atomic mass is 16.5. The largest absolute Gasteiger partial charge is 0.493 e. The maximum atomic E-state index is 13.8. The van der Waals surface area contributed by atoms with Crippen molar-refractivity contribution >= 4 is 27.8 Å². The molecule has 0 radical (unpaired) electrons. The van der Waals surface area contributed by atoms with E-state index in [0.717, 1.165) is 39.9 Å². The van der Waals surface area contributed by atoms with Crippen molar-refractivity contribution in [2.75, 3.05) is 12.4 Å². The first-order valence-electron chi connectivity index (χ1n) is 12.8. The van der Waals surface area contributed by atoms with Crippen LogP contribution in [0.4, 0.5) is 5.69 Å². The molecular formula is C33H31NO3. The van der Waals surface area contributed by atoms with E-state index < -0.39 is 0 Å². The summed E-state index contributed by atoms with van der Waals surface area (Å²) >= 11 is 0. The van der Waals surface area contributed by atoms with Gasteiger partial charge in [-0.25, -0.2) is 0 Å². The van der Waals surface area contributed by atoms with Crippen molar-refractivity contribution in [2.45, 2.75) is 39.3 Å². The molecule has 0 bridgehead atoms. The molecule has 1 heterocycles. The summed E-state index contributed by atoms with van der Waals surface area (Å²) in [6.07, 6.45) is 1.37. The molecule has 2 aliphatic rings. The molecule has 0 spiro atoms. The molecule has 4 nitrogen and oxygen atoms in total. The normalized spacial score (nSPS) is 18.1. The van der Waals surface area contributed by atoms with Crippen LogP contribution in [0.5, 0.6) is 11.5 Å². The van der Waals surface area contributed by atoms with E-state index in [-0.39, 0.29) is 17.2 Å². The summed E-state index contributed by atoms with van der Waals surface area (Å²) in [5.74, 6) is 1.52. The highest BCUT2D eigenvalue weighted by Gasteiger charge is 2.41. The zero-order valence-corrected chi connectivity index (χ0v) is 21.5. The van der Waals surface area contributed by atoms with Gasteiger partial charge in [-0.05, 0) is 45.9 Å². The van der Waals surface area contributed by atoms with E-state index in [1.54, 1.807) is 7.11 Å². The van der Waals surface area contributed by atoms with Gasteiger partial charge in [0, 0.05) is 28.8 Å². The van der Waals surface area contributed by atoms with Gasteiger partial charge in [-0.2, -0.15) is 0 Å². The van der Waals surface area contributed by atoms with E-state index >= 15 is 0 Å². The number of allylic oxidation sites excluding steroid dienone is 1. The summed E-state index contributed by atoms with van der Waals surface area (Å²) in [6.45, 7) is 4.79. The average molecular weight is 490 g/mol. The number of Topliss-reactive ketones (excluding diaryl/α,β-unsaturated/α-hetero) is 1. The molecule has 0 aromatic heterocycles. The zero-order valence-electron chi connectivity index (χ0n) is 21.5. The molecule has 37 heavy (non-hydrogen) atoms. The van der Waals surface area contributed by atoms with E-state index in [1.165, 1.54) is 10.8 Å². The lowest BCUT2D eigenvalue weighted by molar-refractivity contribution is -0.118. The summed E-state index contributed by atoms with van der Waals surface area (Å²) in [7, 11) is 1.66. The Morgan fingerprint density at radius 2 is 1.68 bits per heavy atom. The Balaban J connectivity index is 1.53. The number of fused-ring (bicyclic) bond motifs is 4. The Kier molecular flexibility index (Phi) is 5.75. The van der Waals surface area contributed by atoms with Gasteiger partial charge in [0.1, 0.15) is 6.61 Å². The van der Waals surface area contributed by atoms with Crippen molar-refractivity contribution < 1.29 is 14.3 Å². The van der Waals surface area contributed by atoms with Crippen molar-refractivity contribution in [3.05, 3.63) is 107 Å². The first-order chi connectivity index (χ1) is 17.9. The molecule has 4 aromatic rings. The molecule has 6 rings (SSSR count). The molecule has 186 valence electrons. The zero-order chi connectivity index (χ0) is 25.6. The molecule has 1 aliphatic carbocycles. The number of carbonyl (C=O) groups is 1. The fraction of sp³-hybridized carbons (Fsp3) is 0.242. The molecule has 0 amide bonds. The lowest BCUT2D eigenvalue weighted by Gasteiger charge is -2.40. The van der Waals surface area contributed by atoms with Crippen molar-refractivity contribution in [2.24, 2.45) is 5.41 Å². The van der Waals surface area contributed by atoms with Crippen LogP contribution >= 0.6 is 0 Å². The number of nitrogens with one attached hydrogen (secondary N) is 1. The second-order valence-corrected chi connectivity index (χ2v) is 10.8. The Morgan fingerprint density at radius 3 is 2.49 bits per heavy atom. The summed E-state index contributed by atoms with van der Waals surface area (Å²) in [4.78, 5) is 13.8. The van der Waals surface area contributed by atoms with E-state index in [1.807, 2.05) is 48.5 Å². The van der Waals surface area contributed by atoms with Crippen molar-refractivity contribution in [1.29, 1.82) is 0 Å². The van der Waals surface area contributed by atoms with E-state index in [4.69, 9.17) is 9.47 Å². The molecule has 4 heteroatoms. The number of benzene rings is 4. The number of hydrogen-bond donors (Lipinski definition) is 1. The lowest BCUT2D eigenvalue weighted by atomic mass is 9.67. The monoisotopic (exact) mass is 489 g/mol.